The zero-order valence-corrected chi connectivity index (χ0v) is 13.1. The van der Waals surface area contributed by atoms with E-state index in [-0.39, 0.29) is 24.5 Å². The molecule has 1 N–H and O–H groups in total. The van der Waals surface area contributed by atoms with E-state index >= 15 is 0 Å². The number of hydrogen-bond donors (Lipinski definition) is 1. The number of rotatable bonds is 3. The van der Waals surface area contributed by atoms with E-state index in [0.717, 1.165) is 30.8 Å². The quantitative estimate of drug-likeness (QED) is 0.868. The average Bonchev–Trinajstić information content (AvgIpc) is 2.79. The first-order chi connectivity index (χ1) is 9.54. The number of amides is 2. The highest BCUT2D eigenvalue weighted by atomic mass is 32.2. The number of urea groups is 1. The molecule has 6 heteroatoms. The summed E-state index contributed by atoms with van der Waals surface area (Å²) in [5.41, 5.74) is 0. The van der Waals surface area contributed by atoms with Gasteiger partial charge in [0.2, 0.25) is 0 Å². The summed E-state index contributed by atoms with van der Waals surface area (Å²) in [5, 5.41) is 9.02. The van der Waals surface area contributed by atoms with E-state index in [9.17, 15) is 9.59 Å². The van der Waals surface area contributed by atoms with Crippen LogP contribution in [0.1, 0.15) is 39.5 Å². The Labute approximate surface area is 124 Å². The average molecular weight is 300 g/mol. The molecule has 0 saturated carbocycles. The van der Waals surface area contributed by atoms with Crippen LogP contribution >= 0.6 is 11.8 Å². The molecule has 2 amide bonds. The van der Waals surface area contributed by atoms with Crippen molar-refractivity contribution in [2.75, 3.05) is 18.1 Å². The third kappa shape index (κ3) is 3.22. The van der Waals surface area contributed by atoms with E-state index in [1.165, 1.54) is 0 Å². The lowest BCUT2D eigenvalue weighted by molar-refractivity contribution is -0.138. The minimum Gasteiger partial charge on any atom is -0.481 e. The van der Waals surface area contributed by atoms with Crippen LogP contribution in [0, 0.1) is 0 Å². The van der Waals surface area contributed by atoms with Gasteiger partial charge in [-0.25, -0.2) is 4.79 Å². The lowest BCUT2D eigenvalue weighted by Crippen LogP contribution is -2.55. The molecular weight excluding hydrogens is 276 g/mol. The minimum absolute atomic E-state index is 0.0494. The predicted molar refractivity (Wildman–Crippen MR) is 80.1 cm³/mol. The molecule has 2 fully saturated rings. The van der Waals surface area contributed by atoms with Gasteiger partial charge < -0.3 is 14.9 Å². The van der Waals surface area contributed by atoms with Gasteiger partial charge >= 0.3 is 12.0 Å². The minimum atomic E-state index is -0.822. The van der Waals surface area contributed by atoms with Gasteiger partial charge in [-0.3, -0.25) is 4.79 Å². The zero-order valence-electron chi connectivity index (χ0n) is 12.2. The highest BCUT2D eigenvalue weighted by molar-refractivity contribution is 7.99. The summed E-state index contributed by atoms with van der Waals surface area (Å²) in [4.78, 5) is 27.6. The summed E-state index contributed by atoms with van der Waals surface area (Å²) < 4.78 is 0. The van der Waals surface area contributed by atoms with Gasteiger partial charge in [0, 0.05) is 30.1 Å². The fourth-order valence-electron chi connectivity index (χ4n) is 3.24. The van der Waals surface area contributed by atoms with E-state index in [4.69, 9.17) is 5.11 Å². The summed E-state index contributed by atoms with van der Waals surface area (Å²) in [6.45, 7) is 4.88. The Bertz CT molecular complexity index is 377. The number of carboxylic acids is 1. The lowest BCUT2D eigenvalue weighted by Gasteiger charge is -2.40. The molecule has 0 aromatic rings. The molecule has 5 nitrogen and oxygen atoms in total. The molecule has 114 valence electrons. The van der Waals surface area contributed by atoms with Gasteiger partial charge in [-0.1, -0.05) is 6.92 Å². The molecule has 0 aromatic heterocycles. The predicted octanol–water partition coefficient (Wildman–Crippen LogP) is 2.26. The van der Waals surface area contributed by atoms with Crippen LogP contribution in [-0.2, 0) is 4.79 Å². The van der Waals surface area contributed by atoms with Crippen LogP contribution in [0.25, 0.3) is 0 Å². The molecule has 0 aliphatic carbocycles. The van der Waals surface area contributed by atoms with E-state index in [0.29, 0.717) is 12.6 Å². The molecule has 0 spiro atoms. The number of thioether (sulfide) groups is 1. The number of hydrogen-bond acceptors (Lipinski definition) is 3. The molecule has 2 saturated heterocycles. The Hall–Kier alpha value is -0.910. The fourth-order valence-corrected chi connectivity index (χ4v) is 4.31. The maximum absolute atomic E-state index is 12.8. The Morgan fingerprint density at radius 3 is 2.70 bits per heavy atom. The van der Waals surface area contributed by atoms with Crippen LogP contribution < -0.4 is 0 Å². The lowest BCUT2D eigenvalue weighted by atomic mass is 10.1. The van der Waals surface area contributed by atoms with Crippen molar-refractivity contribution in [3.63, 3.8) is 0 Å². The SMILES string of the molecule is CCC1CCC(C)N1C(=O)N1CCSCC1CC(=O)O. The van der Waals surface area contributed by atoms with Crippen molar-refractivity contribution in [1.29, 1.82) is 0 Å². The number of likely N-dealkylation sites (tertiary alicyclic amines) is 1. The number of aliphatic carboxylic acids is 1. The third-order valence-electron chi connectivity index (χ3n) is 4.36. The monoisotopic (exact) mass is 300 g/mol. The van der Waals surface area contributed by atoms with Crippen LogP contribution in [0.5, 0.6) is 0 Å². The molecule has 0 bridgehead atoms. The van der Waals surface area contributed by atoms with Crippen molar-refractivity contribution >= 4 is 23.8 Å². The number of nitrogens with zero attached hydrogens (tertiary/aromatic N) is 2. The van der Waals surface area contributed by atoms with Crippen molar-refractivity contribution in [3.8, 4) is 0 Å². The zero-order chi connectivity index (χ0) is 14.7. The van der Waals surface area contributed by atoms with Gasteiger partial charge in [0.15, 0.2) is 0 Å². The van der Waals surface area contributed by atoms with Crippen molar-refractivity contribution in [2.45, 2.75) is 57.7 Å². The van der Waals surface area contributed by atoms with Gasteiger partial charge in [0.05, 0.1) is 12.5 Å². The number of carbonyl (C=O) groups is 2. The second kappa shape index (κ2) is 6.70. The molecule has 20 heavy (non-hydrogen) atoms. The highest BCUT2D eigenvalue weighted by Gasteiger charge is 2.38. The summed E-state index contributed by atoms with van der Waals surface area (Å²) in [6.07, 6.45) is 3.14. The van der Waals surface area contributed by atoms with Gasteiger partial charge in [0.1, 0.15) is 0 Å². The van der Waals surface area contributed by atoms with Crippen LogP contribution in [0.4, 0.5) is 4.79 Å². The Morgan fingerprint density at radius 2 is 2.05 bits per heavy atom. The summed E-state index contributed by atoms with van der Waals surface area (Å²) in [6, 6.07) is 0.475. The first-order valence-corrected chi connectivity index (χ1v) is 8.58. The van der Waals surface area contributed by atoms with Gasteiger partial charge in [-0.15, -0.1) is 0 Å². The third-order valence-corrected chi connectivity index (χ3v) is 5.45. The van der Waals surface area contributed by atoms with E-state index in [1.54, 1.807) is 16.7 Å². The first-order valence-electron chi connectivity index (χ1n) is 7.43. The summed E-state index contributed by atoms with van der Waals surface area (Å²) in [7, 11) is 0. The summed E-state index contributed by atoms with van der Waals surface area (Å²) in [5.74, 6) is 0.814. The number of carbonyl (C=O) groups excluding carboxylic acids is 1. The molecule has 2 aliphatic rings. The largest absolute Gasteiger partial charge is 0.481 e. The van der Waals surface area contributed by atoms with Crippen LogP contribution in [0.15, 0.2) is 0 Å². The fraction of sp³-hybridized carbons (Fsp3) is 0.857. The molecule has 2 aliphatic heterocycles. The molecule has 2 rings (SSSR count). The molecule has 3 atom stereocenters. The smallest absolute Gasteiger partial charge is 0.320 e. The number of carboxylic acid groups (broad SMARTS) is 1. The standard InChI is InChI=1S/C14H24N2O3S/c1-3-11-5-4-10(2)16(11)14(19)15-6-7-20-9-12(15)8-13(17)18/h10-12H,3-9H2,1-2H3,(H,17,18). The van der Waals surface area contributed by atoms with Crippen molar-refractivity contribution < 1.29 is 14.7 Å². The van der Waals surface area contributed by atoms with Crippen molar-refractivity contribution in [1.82, 2.24) is 9.80 Å². The Morgan fingerprint density at radius 1 is 1.30 bits per heavy atom. The first kappa shape index (κ1) is 15.5. The summed E-state index contributed by atoms with van der Waals surface area (Å²) >= 11 is 1.74. The van der Waals surface area contributed by atoms with Gasteiger partial charge in [-0.05, 0) is 26.2 Å². The van der Waals surface area contributed by atoms with Gasteiger partial charge in [-0.2, -0.15) is 11.8 Å². The van der Waals surface area contributed by atoms with E-state index in [2.05, 4.69) is 13.8 Å². The molecule has 3 unspecified atom stereocenters. The molecule has 0 radical (unpaired) electrons. The molecule has 0 aromatic carbocycles. The highest BCUT2D eigenvalue weighted by Crippen LogP contribution is 2.29. The van der Waals surface area contributed by atoms with E-state index < -0.39 is 5.97 Å². The molecular formula is C14H24N2O3S. The van der Waals surface area contributed by atoms with Crippen LogP contribution in [-0.4, -0.2) is 63.1 Å². The van der Waals surface area contributed by atoms with Gasteiger partial charge in [0.25, 0.3) is 0 Å². The maximum atomic E-state index is 12.8. The molecule has 2 heterocycles. The van der Waals surface area contributed by atoms with Crippen molar-refractivity contribution in [2.24, 2.45) is 0 Å². The van der Waals surface area contributed by atoms with Crippen molar-refractivity contribution in [3.05, 3.63) is 0 Å². The second-order valence-corrected chi connectivity index (χ2v) is 6.85. The Kier molecular flexibility index (Phi) is 5.18. The van der Waals surface area contributed by atoms with Crippen LogP contribution in [0.3, 0.4) is 0 Å². The Balaban J connectivity index is 2.10. The topological polar surface area (TPSA) is 60.9 Å². The van der Waals surface area contributed by atoms with Crippen LogP contribution in [0.2, 0.25) is 0 Å². The maximum Gasteiger partial charge on any atom is 0.320 e. The second-order valence-electron chi connectivity index (χ2n) is 5.70. The van der Waals surface area contributed by atoms with E-state index in [1.807, 2.05) is 4.90 Å². The normalized spacial score (nSPS) is 30.6.